The number of hydrogen-bond acceptors (Lipinski definition) is 3. The van der Waals surface area contributed by atoms with Gasteiger partial charge in [0.05, 0.1) is 0 Å². The fourth-order valence-corrected chi connectivity index (χ4v) is 2.64. The van der Waals surface area contributed by atoms with Crippen LogP contribution in [0.2, 0.25) is 0 Å². The summed E-state index contributed by atoms with van der Waals surface area (Å²) in [5.41, 5.74) is 11.1. The molecule has 2 aromatic rings. The van der Waals surface area contributed by atoms with Gasteiger partial charge in [-0.1, -0.05) is 13.8 Å². The van der Waals surface area contributed by atoms with Crippen LogP contribution in [0.4, 0.5) is 5.69 Å². The maximum atomic E-state index is 11.9. The number of benzene rings is 1. The summed E-state index contributed by atoms with van der Waals surface area (Å²) in [6, 6.07) is 1.76. The van der Waals surface area contributed by atoms with E-state index in [9.17, 15) is 4.79 Å². The van der Waals surface area contributed by atoms with Gasteiger partial charge in [0, 0.05) is 22.7 Å². The van der Waals surface area contributed by atoms with Crippen LogP contribution in [0.25, 0.3) is 11.0 Å². The monoisotopic (exact) mass is 245 g/mol. The molecule has 0 spiro atoms. The van der Waals surface area contributed by atoms with Crippen LogP contribution in [0, 0.1) is 13.8 Å². The lowest BCUT2D eigenvalue weighted by Crippen LogP contribution is -2.11. The minimum Gasteiger partial charge on any atom is -0.422 e. The third kappa shape index (κ3) is 1.70. The number of nitrogens with two attached hydrogens (primary N) is 1. The second-order valence-corrected chi connectivity index (χ2v) is 4.64. The highest BCUT2D eigenvalue weighted by atomic mass is 16.4. The molecule has 3 nitrogen and oxygen atoms in total. The molecule has 0 saturated heterocycles. The van der Waals surface area contributed by atoms with E-state index in [4.69, 9.17) is 10.2 Å². The molecule has 1 heterocycles. The molecule has 3 heteroatoms. The Morgan fingerprint density at radius 3 is 2.28 bits per heavy atom. The maximum Gasteiger partial charge on any atom is 0.339 e. The second kappa shape index (κ2) is 4.48. The number of rotatable bonds is 2. The third-order valence-electron chi connectivity index (χ3n) is 3.70. The molecule has 1 aromatic heterocycles. The van der Waals surface area contributed by atoms with Crippen LogP contribution in [0.15, 0.2) is 15.3 Å². The van der Waals surface area contributed by atoms with Crippen LogP contribution in [-0.2, 0) is 12.8 Å². The van der Waals surface area contributed by atoms with Gasteiger partial charge in [-0.2, -0.15) is 0 Å². The minimum atomic E-state index is -0.243. The first-order valence-electron chi connectivity index (χ1n) is 6.35. The number of aryl methyl sites for hydroxylation is 2. The Morgan fingerprint density at radius 2 is 1.72 bits per heavy atom. The summed E-state index contributed by atoms with van der Waals surface area (Å²) in [5, 5.41) is 1.06. The number of anilines is 1. The zero-order valence-electron chi connectivity index (χ0n) is 11.4. The van der Waals surface area contributed by atoms with Gasteiger partial charge in [-0.05, 0) is 43.4 Å². The van der Waals surface area contributed by atoms with Crippen molar-refractivity contribution in [1.82, 2.24) is 0 Å². The first kappa shape index (κ1) is 12.7. The van der Waals surface area contributed by atoms with Crippen molar-refractivity contribution in [3.05, 3.63) is 38.7 Å². The summed E-state index contributed by atoms with van der Waals surface area (Å²) >= 11 is 0. The molecule has 0 aliphatic heterocycles. The zero-order valence-corrected chi connectivity index (χ0v) is 11.4. The SMILES string of the molecule is CCc1c(C)c2c(CC)c(C)c(N)cc2oc1=O. The van der Waals surface area contributed by atoms with Gasteiger partial charge in [0.1, 0.15) is 5.58 Å². The van der Waals surface area contributed by atoms with Crippen LogP contribution in [-0.4, -0.2) is 0 Å². The van der Waals surface area contributed by atoms with E-state index >= 15 is 0 Å². The van der Waals surface area contributed by atoms with Gasteiger partial charge in [0.15, 0.2) is 0 Å². The van der Waals surface area contributed by atoms with Crippen molar-refractivity contribution in [3.8, 4) is 0 Å². The molecule has 0 amide bonds. The molecule has 0 unspecified atom stereocenters. The van der Waals surface area contributed by atoms with E-state index < -0.39 is 0 Å². The molecule has 0 bridgehead atoms. The Hall–Kier alpha value is -1.77. The lowest BCUT2D eigenvalue weighted by molar-refractivity contribution is 0.549. The second-order valence-electron chi connectivity index (χ2n) is 4.64. The molecule has 0 aliphatic rings. The normalized spacial score (nSPS) is 11.1. The molecular weight excluding hydrogens is 226 g/mol. The quantitative estimate of drug-likeness (QED) is 0.653. The number of hydrogen-bond donors (Lipinski definition) is 1. The molecular formula is C15H19NO2. The average Bonchev–Trinajstić information content (AvgIpc) is 2.32. The van der Waals surface area contributed by atoms with Gasteiger partial charge < -0.3 is 10.2 Å². The lowest BCUT2D eigenvalue weighted by Gasteiger charge is -2.14. The predicted molar refractivity (Wildman–Crippen MR) is 75.1 cm³/mol. The van der Waals surface area contributed by atoms with Gasteiger partial charge in [-0.15, -0.1) is 0 Å². The molecule has 0 saturated carbocycles. The standard InChI is InChI=1S/C15H19NO2/c1-5-10-8(3)12(16)7-13-14(10)9(4)11(6-2)15(17)18-13/h7H,5-6,16H2,1-4H3. The molecule has 0 atom stereocenters. The van der Waals surface area contributed by atoms with E-state index in [-0.39, 0.29) is 5.63 Å². The van der Waals surface area contributed by atoms with Crippen molar-refractivity contribution in [2.75, 3.05) is 5.73 Å². The minimum absolute atomic E-state index is 0.243. The molecule has 0 aliphatic carbocycles. The van der Waals surface area contributed by atoms with E-state index in [0.29, 0.717) is 17.7 Å². The van der Waals surface area contributed by atoms with Crippen LogP contribution in [0.5, 0.6) is 0 Å². The zero-order chi connectivity index (χ0) is 13.4. The van der Waals surface area contributed by atoms with Gasteiger partial charge in [-0.3, -0.25) is 0 Å². The summed E-state index contributed by atoms with van der Waals surface area (Å²) in [6.45, 7) is 8.08. The molecule has 1 aromatic carbocycles. The van der Waals surface area contributed by atoms with Gasteiger partial charge in [-0.25, -0.2) is 4.79 Å². The molecule has 2 rings (SSSR count). The summed E-state index contributed by atoms with van der Waals surface area (Å²) in [4.78, 5) is 11.9. The molecule has 0 radical (unpaired) electrons. The fraction of sp³-hybridized carbons (Fsp3) is 0.400. The van der Waals surface area contributed by atoms with Crippen molar-refractivity contribution in [1.29, 1.82) is 0 Å². The van der Waals surface area contributed by atoms with E-state index in [0.717, 1.165) is 28.5 Å². The Balaban J connectivity index is 3.03. The van der Waals surface area contributed by atoms with E-state index in [1.54, 1.807) is 6.07 Å². The van der Waals surface area contributed by atoms with Crippen molar-refractivity contribution in [2.24, 2.45) is 0 Å². The average molecular weight is 245 g/mol. The van der Waals surface area contributed by atoms with E-state index in [1.807, 2.05) is 20.8 Å². The van der Waals surface area contributed by atoms with Crippen molar-refractivity contribution >= 4 is 16.7 Å². The highest BCUT2D eigenvalue weighted by Gasteiger charge is 2.15. The van der Waals surface area contributed by atoms with Crippen molar-refractivity contribution in [2.45, 2.75) is 40.5 Å². The Labute approximate surface area is 107 Å². The Bertz CT molecular complexity index is 668. The van der Waals surface area contributed by atoms with E-state index in [1.165, 1.54) is 5.56 Å². The van der Waals surface area contributed by atoms with Crippen LogP contribution < -0.4 is 11.4 Å². The first-order chi connectivity index (χ1) is 8.51. The largest absolute Gasteiger partial charge is 0.422 e. The van der Waals surface area contributed by atoms with Crippen LogP contribution in [0.1, 0.15) is 36.1 Å². The third-order valence-corrected chi connectivity index (χ3v) is 3.70. The molecule has 96 valence electrons. The Kier molecular flexibility index (Phi) is 3.16. The maximum absolute atomic E-state index is 11.9. The van der Waals surface area contributed by atoms with Crippen molar-refractivity contribution in [3.63, 3.8) is 0 Å². The van der Waals surface area contributed by atoms with Crippen LogP contribution in [0.3, 0.4) is 0 Å². The van der Waals surface area contributed by atoms with Crippen molar-refractivity contribution < 1.29 is 4.42 Å². The van der Waals surface area contributed by atoms with Gasteiger partial charge in [0.25, 0.3) is 0 Å². The number of nitrogen functional groups attached to an aromatic ring is 1. The highest BCUT2D eigenvalue weighted by molar-refractivity contribution is 5.89. The van der Waals surface area contributed by atoms with Gasteiger partial charge >= 0.3 is 5.63 Å². The van der Waals surface area contributed by atoms with E-state index in [2.05, 4.69) is 6.92 Å². The fourth-order valence-electron chi connectivity index (χ4n) is 2.64. The topological polar surface area (TPSA) is 56.2 Å². The summed E-state index contributed by atoms with van der Waals surface area (Å²) in [5.74, 6) is 0. The number of fused-ring (bicyclic) bond motifs is 1. The summed E-state index contributed by atoms with van der Waals surface area (Å²) in [6.07, 6.45) is 1.57. The van der Waals surface area contributed by atoms with Crippen LogP contribution >= 0.6 is 0 Å². The highest BCUT2D eigenvalue weighted by Crippen LogP contribution is 2.30. The first-order valence-corrected chi connectivity index (χ1v) is 6.35. The molecule has 18 heavy (non-hydrogen) atoms. The smallest absolute Gasteiger partial charge is 0.339 e. The lowest BCUT2D eigenvalue weighted by atomic mass is 9.94. The summed E-state index contributed by atoms with van der Waals surface area (Å²) < 4.78 is 5.41. The molecule has 0 fully saturated rings. The van der Waals surface area contributed by atoms with Gasteiger partial charge in [0.2, 0.25) is 0 Å². The Morgan fingerprint density at radius 1 is 1.11 bits per heavy atom. The predicted octanol–water partition coefficient (Wildman–Crippen LogP) is 3.12. The summed E-state index contributed by atoms with van der Waals surface area (Å²) in [7, 11) is 0. The molecule has 2 N–H and O–H groups in total.